The number of hydrogen-bond donors (Lipinski definition) is 2. The number of aliphatic hydroxyl groups is 1. The third-order valence-corrected chi connectivity index (χ3v) is 2.53. The molecule has 0 fully saturated rings. The lowest BCUT2D eigenvalue weighted by Crippen LogP contribution is -2.11. The fourth-order valence-corrected chi connectivity index (χ4v) is 1.54. The first-order chi connectivity index (χ1) is 10.2. The van der Waals surface area contributed by atoms with E-state index in [9.17, 15) is 9.90 Å². The van der Waals surface area contributed by atoms with Gasteiger partial charge in [0.15, 0.2) is 0 Å². The minimum atomic E-state index is -0.981. The van der Waals surface area contributed by atoms with Gasteiger partial charge in [0.1, 0.15) is 11.9 Å². The van der Waals surface area contributed by atoms with Crippen LogP contribution in [0, 0.1) is 0 Å². The number of carbonyl (C=O) groups is 1. The van der Waals surface area contributed by atoms with Crippen LogP contribution in [0.2, 0.25) is 0 Å². The molecule has 1 atom stereocenters. The fraction of sp³-hybridized carbons (Fsp3) is 0.118. The summed E-state index contributed by atoms with van der Waals surface area (Å²) in [6.45, 7) is 2.93. The molecule has 0 radical (unpaired) electrons. The van der Waals surface area contributed by atoms with Crippen LogP contribution in [-0.2, 0) is 4.79 Å². The summed E-state index contributed by atoms with van der Waals surface area (Å²) in [6.07, 6.45) is 0.531. The van der Waals surface area contributed by atoms with E-state index >= 15 is 0 Å². The van der Waals surface area contributed by atoms with Gasteiger partial charge in [0.05, 0.1) is 6.61 Å². The second kappa shape index (κ2) is 9.34. The molecule has 0 aliphatic heterocycles. The van der Waals surface area contributed by atoms with Crippen molar-refractivity contribution in [1.29, 1.82) is 0 Å². The Hall–Kier alpha value is -2.59. The molecule has 0 bridgehead atoms. The molecule has 0 aromatic heterocycles. The van der Waals surface area contributed by atoms with Crippen molar-refractivity contribution in [2.45, 2.75) is 6.10 Å². The van der Waals surface area contributed by atoms with Crippen molar-refractivity contribution < 1.29 is 19.7 Å². The van der Waals surface area contributed by atoms with E-state index in [-0.39, 0.29) is 12.7 Å². The summed E-state index contributed by atoms with van der Waals surface area (Å²) in [5, 5.41) is 16.9. The van der Waals surface area contributed by atoms with Gasteiger partial charge in [0, 0.05) is 6.08 Å². The number of aliphatic carboxylic acids is 1. The predicted molar refractivity (Wildman–Crippen MR) is 81.2 cm³/mol. The van der Waals surface area contributed by atoms with Crippen LogP contribution in [0.25, 0.3) is 0 Å². The van der Waals surface area contributed by atoms with Crippen LogP contribution in [0.1, 0.15) is 11.7 Å². The first-order valence-electron chi connectivity index (χ1n) is 6.40. The Kier molecular flexibility index (Phi) is 7.32. The van der Waals surface area contributed by atoms with E-state index in [2.05, 4.69) is 6.58 Å². The van der Waals surface area contributed by atoms with Gasteiger partial charge in [-0.05, 0) is 17.7 Å². The molecular weight excluding hydrogens is 268 g/mol. The van der Waals surface area contributed by atoms with E-state index in [1.54, 1.807) is 0 Å². The van der Waals surface area contributed by atoms with E-state index in [0.717, 1.165) is 17.4 Å². The van der Waals surface area contributed by atoms with Crippen LogP contribution in [-0.4, -0.2) is 22.8 Å². The quantitative estimate of drug-likeness (QED) is 0.829. The molecular formula is C17H18O4. The predicted octanol–water partition coefficient (Wildman–Crippen LogP) is 3.06. The van der Waals surface area contributed by atoms with E-state index in [1.807, 2.05) is 60.7 Å². The van der Waals surface area contributed by atoms with E-state index in [1.165, 1.54) is 0 Å². The molecule has 4 heteroatoms. The maximum atomic E-state index is 9.32. The lowest BCUT2D eigenvalue weighted by Gasteiger charge is -2.17. The summed E-state index contributed by atoms with van der Waals surface area (Å²) >= 11 is 0. The Balaban J connectivity index is 0.000000383. The molecule has 0 aliphatic rings. The average molecular weight is 286 g/mol. The molecule has 2 aromatic rings. The maximum absolute atomic E-state index is 9.32. The molecule has 2 N–H and O–H groups in total. The summed E-state index contributed by atoms with van der Waals surface area (Å²) in [7, 11) is 0. The van der Waals surface area contributed by atoms with Crippen molar-refractivity contribution in [2.24, 2.45) is 0 Å². The summed E-state index contributed by atoms with van der Waals surface area (Å²) in [6, 6.07) is 19.2. The molecule has 1 unspecified atom stereocenters. The molecule has 4 nitrogen and oxygen atoms in total. The first-order valence-corrected chi connectivity index (χ1v) is 6.40. The largest absolute Gasteiger partial charge is 0.483 e. The maximum Gasteiger partial charge on any atom is 0.327 e. The number of ether oxygens (including phenoxy) is 1. The second-order valence-electron chi connectivity index (χ2n) is 4.06. The highest BCUT2D eigenvalue weighted by molar-refractivity contribution is 5.78. The van der Waals surface area contributed by atoms with Gasteiger partial charge in [-0.2, -0.15) is 0 Å². The van der Waals surface area contributed by atoms with Crippen molar-refractivity contribution >= 4 is 5.97 Å². The minimum Gasteiger partial charge on any atom is -0.483 e. The van der Waals surface area contributed by atoms with Gasteiger partial charge in [-0.25, -0.2) is 4.79 Å². The van der Waals surface area contributed by atoms with Gasteiger partial charge in [-0.1, -0.05) is 55.1 Å². The number of carboxylic acids is 1. The van der Waals surface area contributed by atoms with Crippen molar-refractivity contribution in [3.8, 4) is 5.75 Å². The minimum absolute atomic E-state index is 0.0289. The Morgan fingerprint density at radius 3 is 2.00 bits per heavy atom. The molecule has 0 spiro atoms. The molecule has 2 aromatic carbocycles. The molecule has 0 amide bonds. The molecule has 0 heterocycles. The van der Waals surface area contributed by atoms with Gasteiger partial charge in [-0.3, -0.25) is 0 Å². The first kappa shape index (κ1) is 16.5. The SMILES string of the molecule is C=CC(=O)O.OCC(Oc1ccccc1)c1ccccc1. The van der Waals surface area contributed by atoms with Crippen LogP contribution >= 0.6 is 0 Å². The normalized spacial score (nSPS) is 10.7. The highest BCUT2D eigenvalue weighted by Gasteiger charge is 2.10. The van der Waals surface area contributed by atoms with Crippen molar-refractivity contribution in [1.82, 2.24) is 0 Å². The number of aliphatic hydroxyl groups excluding tert-OH is 1. The summed E-state index contributed by atoms with van der Waals surface area (Å²) in [5.41, 5.74) is 0.980. The number of hydrogen-bond acceptors (Lipinski definition) is 3. The van der Waals surface area contributed by atoms with E-state index < -0.39 is 5.97 Å². The van der Waals surface area contributed by atoms with E-state index in [4.69, 9.17) is 9.84 Å². The van der Waals surface area contributed by atoms with Crippen LogP contribution < -0.4 is 4.74 Å². The summed E-state index contributed by atoms with van der Waals surface area (Å²) < 4.78 is 5.70. The number of benzene rings is 2. The topological polar surface area (TPSA) is 66.8 Å². The van der Waals surface area contributed by atoms with Gasteiger partial charge in [-0.15, -0.1) is 0 Å². The Morgan fingerprint density at radius 2 is 1.57 bits per heavy atom. The summed E-state index contributed by atoms with van der Waals surface area (Å²) in [5.74, 6) is -0.213. The van der Waals surface area contributed by atoms with Gasteiger partial charge in [0.25, 0.3) is 0 Å². The Labute approximate surface area is 123 Å². The zero-order valence-corrected chi connectivity index (χ0v) is 11.6. The molecule has 0 saturated heterocycles. The van der Waals surface area contributed by atoms with Crippen molar-refractivity contribution in [2.75, 3.05) is 6.61 Å². The van der Waals surface area contributed by atoms with Gasteiger partial charge >= 0.3 is 5.97 Å². The molecule has 2 rings (SSSR count). The van der Waals surface area contributed by atoms with Gasteiger partial charge < -0.3 is 14.9 Å². The molecule has 0 aliphatic carbocycles. The van der Waals surface area contributed by atoms with Crippen LogP contribution in [0.5, 0.6) is 5.75 Å². The van der Waals surface area contributed by atoms with Crippen LogP contribution in [0.15, 0.2) is 73.3 Å². The fourth-order valence-electron chi connectivity index (χ4n) is 1.54. The smallest absolute Gasteiger partial charge is 0.327 e. The number of para-hydroxylation sites is 1. The third-order valence-electron chi connectivity index (χ3n) is 2.53. The van der Waals surface area contributed by atoms with Crippen molar-refractivity contribution in [3.05, 3.63) is 78.9 Å². The highest BCUT2D eigenvalue weighted by atomic mass is 16.5. The molecule has 0 saturated carbocycles. The summed E-state index contributed by atoms with van der Waals surface area (Å²) in [4.78, 5) is 9.25. The lowest BCUT2D eigenvalue weighted by atomic mass is 10.1. The third kappa shape index (κ3) is 6.40. The van der Waals surface area contributed by atoms with Crippen LogP contribution in [0.3, 0.4) is 0 Å². The Bertz CT molecular complexity index is 537. The highest BCUT2D eigenvalue weighted by Crippen LogP contribution is 2.20. The average Bonchev–Trinajstić information content (AvgIpc) is 2.55. The zero-order chi connectivity index (χ0) is 15.5. The Morgan fingerprint density at radius 1 is 1.10 bits per heavy atom. The molecule has 21 heavy (non-hydrogen) atoms. The van der Waals surface area contributed by atoms with Crippen molar-refractivity contribution in [3.63, 3.8) is 0 Å². The van der Waals surface area contributed by atoms with E-state index in [0.29, 0.717) is 0 Å². The monoisotopic (exact) mass is 286 g/mol. The standard InChI is InChI=1S/C14H14O2.C3H4O2/c15-11-14(12-7-3-1-4-8-12)16-13-9-5-2-6-10-13;1-2-3(4)5/h1-10,14-15H,11H2;2H,1H2,(H,4,5). The molecule has 110 valence electrons. The zero-order valence-electron chi connectivity index (χ0n) is 11.6. The van der Waals surface area contributed by atoms with Crippen LogP contribution in [0.4, 0.5) is 0 Å². The number of rotatable bonds is 5. The lowest BCUT2D eigenvalue weighted by molar-refractivity contribution is -0.131. The second-order valence-corrected chi connectivity index (χ2v) is 4.06. The number of carboxylic acid groups (broad SMARTS) is 1. The van der Waals surface area contributed by atoms with Gasteiger partial charge in [0.2, 0.25) is 0 Å².